The fourth-order valence-corrected chi connectivity index (χ4v) is 1.39. The van der Waals surface area contributed by atoms with Crippen LogP contribution in [0.15, 0.2) is 12.5 Å². The second kappa shape index (κ2) is 8.22. The average Bonchev–Trinajstić information content (AvgIpc) is 2.82. The number of carboxylic acid groups (broad SMARTS) is 1. The Bertz CT molecular complexity index is 333. The van der Waals surface area contributed by atoms with Crippen LogP contribution in [0.3, 0.4) is 0 Å². The molecule has 18 heavy (non-hydrogen) atoms. The molecule has 0 aliphatic rings. The van der Waals surface area contributed by atoms with Gasteiger partial charge in [-0.25, -0.2) is 4.98 Å². The molecule has 0 saturated carbocycles. The van der Waals surface area contributed by atoms with Crippen LogP contribution in [0, 0.1) is 0 Å². The highest BCUT2D eigenvalue weighted by Gasteiger charge is 2.12. The summed E-state index contributed by atoms with van der Waals surface area (Å²) < 4.78 is 0. The van der Waals surface area contributed by atoms with Crippen molar-refractivity contribution in [3.63, 3.8) is 0 Å². The van der Waals surface area contributed by atoms with E-state index in [1.54, 1.807) is 6.20 Å². The fourth-order valence-electron chi connectivity index (χ4n) is 0.939. The predicted molar refractivity (Wildman–Crippen MR) is 77.8 cm³/mol. The Balaban J connectivity index is 0.000000360. The largest absolute Gasteiger partial charge is 0.480 e. The minimum Gasteiger partial charge on any atom is -0.480 e. The van der Waals surface area contributed by atoms with Gasteiger partial charge in [-0.1, -0.05) is 13.8 Å². The van der Waals surface area contributed by atoms with Crippen LogP contribution >= 0.6 is 7.26 Å². The van der Waals surface area contributed by atoms with Gasteiger partial charge >= 0.3 is 5.97 Å². The SMILES string of the molecule is CC[P](C)(C)CC.NC(Cc1c[nH]cn1)C(=O)O. The van der Waals surface area contributed by atoms with Crippen molar-refractivity contribution in [3.8, 4) is 0 Å². The van der Waals surface area contributed by atoms with Gasteiger partial charge in [-0.15, -0.1) is 7.26 Å². The smallest absolute Gasteiger partial charge is 0.320 e. The van der Waals surface area contributed by atoms with E-state index in [2.05, 4.69) is 37.1 Å². The number of carbonyl (C=O) groups is 1. The van der Waals surface area contributed by atoms with Crippen LogP contribution in [0.25, 0.3) is 0 Å². The van der Waals surface area contributed by atoms with Crippen LogP contribution in [-0.2, 0) is 11.2 Å². The average molecular weight is 274 g/mol. The molecule has 1 rings (SSSR count). The second-order valence-electron chi connectivity index (χ2n) is 4.78. The molecular weight excluding hydrogens is 249 g/mol. The number of nitrogens with two attached hydrogens (primary N) is 1. The number of imidazole rings is 1. The number of hydrogen-bond acceptors (Lipinski definition) is 3. The molecular formula is C12H25N3O2P. The van der Waals surface area contributed by atoms with E-state index in [1.807, 2.05) is 0 Å². The third-order valence-corrected chi connectivity index (χ3v) is 6.44. The van der Waals surface area contributed by atoms with E-state index in [-0.39, 0.29) is 6.42 Å². The Labute approximate surface area is 110 Å². The maximum atomic E-state index is 10.3. The van der Waals surface area contributed by atoms with Gasteiger partial charge in [0.2, 0.25) is 0 Å². The summed E-state index contributed by atoms with van der Waals surface area (Å²) in [7, 11) is -0.404. The molecule has 0 aliphatic heterocycles. The van der Waals surface area contributed by atoms with Gasteiger partial charge in [0.1, 0.15) is 6.04 Å². The number of aromatic amines is 1. The van der Waals surface area contributed by atoms with Gasteiger partial charge in [0.15, 0.2) is 0 Å². The number of carboxylic acids is 1. The lowest BCUT2D eigenvalue weighted by Gasteiger charge is -2.22. The molecule has 1 radical (unpaired) electrons. The van der Waals surface area contributed by atoms with Crippen molar-refractivity contribution in [2.24, 2.45) is 5.73 Å². The van der Waals surface area contributed by atoms with Gasteiger partial charge < -0.3 is 15.8 Å². The zero-order valence-electron chi connectivity index (χ0n) is 11.7. The molecule has 1 atom stereocenters. The molecule has 0 saturated heterocycles. The fraction of sp³-hybridized carbons (Fsp3) is 0.667. The molecule has 0 fully saturated rings. The molecule has 1 heterocycles. The van der Waals surface area contributed by atoms with Crippen LogP contribution in [0.5, 0.6) is 0 Å². The van der Waals surface area contributed by atoms with E-state index in [0.717, 1.165) is 0 Å². The van der Waals surface area contributed by atoms with Crippen LogP contribution in [-0.4, -0.2) is 52.7 Å². The van der Waals surface area contributed by atoms with Crippen LogP contribution in [0.4, 0.5) is 0 Å². The van der Waals surface area contributed by atoms with E-state index in [1.165, 1.54) is 18.7 Å². The quantitative estimate of drug-likeness (QED) is 0.712. The first-order valence-corrected chi connectivity index (χ1v) is 9.15. The number of H-pyrrole nitrogens is 1. The minimum atomic E-state index is -1.01. The zero-order chi connectivity index (χ0) is 14.2. The van der Waals surface area contributed by atoms with Crippen molar-refractivity contribution in [2.75, 3.05) is 25.7 Å². The Kier molecular flexibility index (Phi) is 7.80. The van der Waals surface area contributed by atoms with Crippen molar-refractivity contribution in [2.45, 2.75) is 26.3 Å². The molecule has 0 aromatic carbocycles. The van der Waals surface area contributed by atoms with Crippen LogP contribution < -0.4 is 5.73 Å². The Morgan fingerprint density at radius 2 is 2.06 bits per heavy atom. The van der Waals surface area contributed by atoms with Crippen LogP contribution in [0.2, 0.25) is 0 Å². The molecule has 4 N–H and O–H groups in total. The van der Waals surface area contributed by atoms with Crippen molar-refractivity contribution in [1.82, 2.24) is 9.97 Å². The Morgan fingerprint density at radius 1 is 1.50 bits per heavy atom. The highest BCUT2D eigenvalue weighted by Crippen LogP contribution is 2.49. The van der Waals surface area contributed by atoms with E-state index in [9.17, 15) is 4.79 Å². The van der Waals surface area contributed by atoms with E-state index in [4.69, 9.17) is 10.8 Å². The third kappa shape index (κ3) is 7.41. The molecule has 0 amide bonds. The van der Waals surface area contributed by atoms with Gasteiger partial charge in [-0.3, -0.25) is 4.79 Å². The van der Waals surface area contributed by atoms with Crippen molar-refractivity contribution in [1.29, 1.82) is 0 Å². The van der Waals surface area contributed by atoms with Crippen molar-refractivity contribution < 1.29 is 9.90 Å². The third-order valence-electron chi connectivity index (χ3n) is 3.01. The van der Waals surface area contributed by atoms with Gasteiger partial charge in [0.25, 0.3) is 0 Å². The summed E-state index contributed by atoms with van der Waals surface area (Å²) in [6, 6.07) is -0.863. The molecule has 5 nitrogen and oxygen atoms in total. The van der Waals surface area contributed by atoms with E-state index in [0.29, 0.717) is 5.69 Å². The number of nitrogens with zero attached hydrogens (tertiary/aromatic N) is 1. The number of rotatable bonds is 5. The number of hydrogen-bond donors (Lipinski definition) is 3. The van der Waals surface area contributed by atoms with Crippen molar-refractivity contribution >= 4 is 13.2 Å². The summed E-state index contributed by atoms with van der Waals surface area (Å²) in [6.45, 7) is 9.40. The summed E-state index contributed by atoms with van der Waals surface area (Å²) in [5.74, 6) is -1.01. The molecule has 6 heteroatoms. The number of aromatic nitrogens is 2. The lowest BCUT2D eigenvalue weighted by Crippen LogP contribution is -2.32. The summed E-state index contributed by atoms with van der Waals surface area (Å²) in [5, 5.41) is 8.42. The van der Waals surface area contributed by atoms with Gasteiger partial charge in [-0.05, 0) is 25.7 Å². The summed E-state index contributed by atoms with van der Waals surface area (Å²) in [6.07, 6.45) is 6.19. The first-order chi connectivity index (χ1) is 8.32. The lowest BCUT2D eigenvalue weighted by molar-refractivity contribution is -0.138. The number of aliphatic carboxylic acids is 1. The predicted octanol–water partition coefficient (Wildman–Crippen LogP) is 1.67. The Morgan fingerprint density at radius 3 is 2.33 bits per heavy atom. The topological polar surface area (TPSA) is 92.0 Å². The molecule has 0 aliphatic carbocycles. The molecule has 105 valence electrons. The monoisotopic (exact) mass is 274 g/mol. The molecule has 1 aromatic rings. The minimum absolute atomic E-state index is 0.263. The van der Waals surface area contributed by atoms with Crippen LogP contribution in [0.1, 0.15) is 19.5 Å². The normalized spacial score (nSPS) is 12.5. The summed E-state index contributed by atoms with van der Waals surface area (Å²) in [4.78, 5) is 16.8. The van der Waals surface area contributed by atoms with E-state index >= 15 is 0 Å². The first kappa shape index (κ1) is 17.1. The standard InChI is InChI=1S/C6H9N3O2.C6H16P/c7-5(6(10)11)1-4-2-8-3-9-4;1-5-7(3,4)6-2/h2-3,5H,1,7H2,(H,8,9)(H,10,11);5-6H2,1-4H3. The molecule has 1 aromatic heterocycles. The second-order valence-corrected chi connectivity index (χ2v) is 9.91. The van der Waals surface area contributed by atoms with Gasteiger partial charge in [-0.2, -0.15) is 0 Å². The van der Waals surface area contributed by atoms with Gasteiger partial charge in [0, 0.05) is 12.6 Å². The summed E-state index contributed by atoms with van der Waals surface area (Å²) in [5.41, 5.74) is 5.92. The van der Waals surface area contributed by atoms with Gasteiger partial charge in [0.05, 0.1) is 12.0 Å². The van der Waals surface area contributed by atoms with E-state index < -0.39 is 19.3 Å². The Hall–Kier alpha value is -0.930. The lowest BCUT2D eigenvalue weighted by atomic mass is 10.2. The highest BCUT2D eigenvalue weighted by atomic mass is 31.2. The maximum absolute atomic E-state index is 10.3. The number of nitrogens with one attached hydrogen (secondary N) is 1. The van der Waals surface area contributed by atoms with Crippen molar-refractivity contribution in [3.05, 3.63) is 18.2 Å². The molecule has 0 bridgehead atoms. The maximum Gasteiger partial charge on any atom is 0.320 e. The molecule has 0 spiro atoms. The summed E-state index contributed by atoms with van der Waals surface area (Å²) >= 11 is 0. The highest BCUT2D eigenvalue weighted by molar-refractivity contribution is 7.74. The molecule has 1 unspecified atom stereocenters. The zero-order valence-corrected chi connectivity index (χ0v) is 12.6. The first-order valence-electron chi connectivity index (χ1n) is 6.10.